The van der Waals surface area contributed by atoms with Crippen molar-refractivity contribution in [3.63, 3.8) is 0 Å². The largest absolute Gasteiger partial charge is 0.481 e. The number of amides is 1. The maximum Gasteiger partial charge on any atom is 0.416 e. The molecule has 2 heterocycles. The van der Waals surface area contributed by atoms with Crippen molar-refractivity contribution in [1.29, 1.82) is 0 Å². The first-order valence-electron chi connectivity index (χ1n) is 7.97. The number of benzene rings is 1. The van der Waals surface area contributed by atoms with Crippen LogP contribution in [0.1, 0.15) is 17.5 Å². The summed E-state index contributed by atoms with van der Waals surface area (Å²) in [4.78, 5) is 25.7. The molecule has 0 bridgehead atoms. The van der Waals surface area contributed by atoms with Crippen molar-refractivity contribution in [2.45, 2.75) is 19.0 Å². The third-order valence-corrected chi connectivity index (χ3v) is 5.12. The number of aliphatic carboxylic acids is 1. The highest BCUT2D eigenvalue weighted by molar-refractivity contribution is 5.82. The van der Waals surface area contributed by atoms with Crippen molar-refractivity contribution in [2.24, 2.45) is 11.3 Å². The second-order valence-electron chi connectivity index (χ2n) is 6.63. The van der Waals surface area contributed by atoms with Crippen LogP contribution in [0.5, 0.6) is 0 Å². The van der Waals surface area contributed by atoms with Crippen LogP contribution in [0.3, 0.4) is 0 Å². The van der Waals surface area contributed by atoms with Gasteiger partial charge in [0.1, 0.15) is 0 Å². The number of carboxylic acids is 1. The Morgan fingerprint density at radius 2 is 1.96 bits per heavy atom. The smallest absolute Gasteiger partial charge is 0.416 e. The molecule has 1 aromatic carbocycles. The monoisotopic (exact) mass is 357 g/mol. The first kappa shape index (κ1) is 17.7. The van der Waals surface area contributed by atoms with Gasteiger partial charge in [-0.05, 0) is 24.1 Å². The third kappa shape index (κ3) is 3.35. The number of hydrogen-bond acceptors (Lipinski definition) is 3. The van der Waals surface area contributed by atoms with Gasteiger partial charge in [-0.1, -0.05) is 12.1 Å². The van der Waals surface area contributed by atoms with E-state index in [2.05, 4.69) is 0 Å². The van der Waals surface area contributed by atoms with Crippen LogP contribution in [-0.4, -0.2) is 48.2 Å². The Hall–Kier alpha value is -2.09. The average molecular weight is 357 g/mol. The van der Waals surface area contributed by atoms with Gasteiger partial charge in [0, 0.05) is 25.6 Å². The van der Waals surface area contributed by atoms with E-state index in [-0.39, 0.29) is 24.8 Å². The number of hydrogen-bond donors (Lipinski definition) is 1. The predicted molar refractivity (Wildman–Crippen MR) is 80.7 cm³/mol. The summed E-state index contributed by atoms with van der Waals surface area (Å²) in [7, 11) is 0. The predicted octanol–water partition coefficient (Wildman–Crippen LogP) is 2.20. The molecular weight excluding hydrogens is 339 g/mol. The lowest BCUT2D eigenvalue weighted by molar-refractivity contribution is -0.157. The van der Waals surface area contributed by atoms with Crippen LogP contribution in [0.4, 0.5) is 13.2 Å². The zero-order valence-electron chi connectivity index (χ0n) is 13.4. The molecule has 0 saturated carbocycles. The number of likely N-dealkylation sites (tertiary alicyclic amines) is 1. The molecule has 2 fully saturated rings. The topological polar surface area (TPSA) is 66.8 Å². The van der Waals surface area contributed by atoms with Gasteiger partial charge < -0.3 is 14.7 Å². The first-order valence-corrected chi connectivity index (χ1v) is 7.97. The lowest BCUT2D eigenvalue weighted by Crippen LogP contribution is -2.45. The molecule has 1 aromatic rings. The fourth-order valence-electron chi connectivity index (χ4n) is 3.59. The fraction of sp³-hybridized carbons (Fsp3) is 0.529. The second kappa shape index (κ2) is 6.33. The van der Waals surface area contributed by atoms with E-state index in [0.29, 0.717) is 31.7 Å². The molecule has 25 heavy (non-hydrogen) atoms. The van der Waals surface area contributed by atoms with E-state index in [1.54, 1.807) is 0 Å². The van der Waals surface area contributed by atoms with Crippen molar-refractivity contribution in [3.8, 4) is 0 Å². The van der Waals surface area contributed by atoms with Crippen LogP contribution in [-0.2, 0) is 26.9 Å². The Labute approximate surface area is 142 Å². The lowest BCUT2D eigenvalue weighted by atomic mass is 9.74. The van der Waals surface area contributed by atoms with Crippen molar-refractivity contribution in [3.05, 3.63) is 35.4 Å². The van der Waals surface area contributed by atoms with Gasteiger partial charge in [0.2, 0.25) is 5.91 Å². The average Bonchev–Trinajstić information content (AvgIpc) is 2.95. The summed E-state index contributed by atoms with van der Waals surface area (Å²) in [6.45, 7) is 1.07. The van der Waals surface area contributed by atoms with Crippen molar-refractivity contribution in [2.75, 3.05) is 26.3 Å². The molecule has 2 aliphatic rings. The van der Waals surface area contributed by atoms with E-state index in [1.807, 2.05) is 0 Å². The zero-order chi connectivity index (χ0) is 18.2. The van der Waals surface area contributed by atoms with E-state index < -0.39 is 23.1 Å². The molecule has 0 aromatic heterocycles. The van der Waals surface area contributed by atoms with Gasteiger partial charge in [-0.15, -0.1) is 0 Å². The van der Waals surface area contributed by atoms with Crippen molar-refractivity contribution in [1.82, 2.24) is 4.90 Å². The van der Waals surface area contributed by atoms with E-state index in [1.165, 1.54) is 17.0 Å². The molecule has 2 aliphatic heterocycles. The number of carboxylic acid groups (broad SMARTS) is 1. The summed E-state index contributed by atoms with van der Waals surface area (Å²) in [5.41, 5.74) is -1.28. The number of halogens is 3. The quantitative estimate of drug-likeness (QED) is 0.901. The summed E-state index contributed by atoms with van der Waals surface area (Å²) in [5.74, 6) is -1.46. The molecule has 3 rings (SSSR count). The Kier molecular flexibility index (Phi) is 4.49. The summed E-state index contributed by atoms with van der Waals surface area (Å²) in [6.07, 6.45) is -4.11. The van der Waals surface area contributed by atoms with Crippen LogP contribution in [0.2, 0.25) is 0 Å². The molecule has 0 aliphatic carbocycles. The van der Waals surface area contributed by atoms with Gasteiger partial charge in [-0.3, -0.25) is 9.59 Å². The van der Waals surface area contributed by atoms with Gasteiger partial charge in [0.05, 0.1) is 24.0 Å². The van der Waals surface area contributed by atoms with Crippen LogP contribution >= 0.6 is 0 Å². The van der Waals surface area contributed by atoms with Gasteiger partial charge >= 0.3 is 12.1 Å². The Bertz CT molecular complexity index is 673. The Morgan fingerprint density at radius 3 is 2.52 bits per heavy atom. The Balaban J connectivity index is 1.69. The van der Waals surface area contributed by atoms with Crippen LogP contribution in [0, 0.1) is 11.3 Å². The molecule has 2 atom stereocenters. The normalized spacial score (nSPS) is 26.4. The molecule has 0 unspecified atom stereocenters. The molecule has 8 heteroatoms. The summed E-state index contributed by atoms with van der Waals surface area (Å²) in [5, 5.41) is 9.60. The highest BCUT2D eigenvalue weighted by atomic mass is 19.4. The summed E-state index contributed by atoms with van der Waals surface area (Å²) < 4.78 is 43.1. The molecule has 0 spiro atoms. The lowest BCUT2D eigenvalue weighted by Gasteiger charge is -2.33. The number of carbonyl (C=O) groups is 2. The van der Waals surface area contributed by atoms with E-state index in [9.17, 15) is 27.9 Å². The molecule has 136 valence electrons. The minimum absolute atomic E-state index is 0.0542. The molecule has 0 radical (unpaired) electrons. The van der Waals surface area contributed by atoms with Gasteiger partial charge in [0.25, 0.3) is 0 Å². The number of alkyl halides is 3. The third-order valence-electron chi connectivity index (χ3n) is 5.12. The minimum atomic E-state index is -4.42. The number of fused-ring (bicyclic) bond motifs is 1. The van der Waals surface area contributed by atoms with Crippen LogP contribution in [0.15, 0.2) is 24.3 Å². The van der Waals surface area contributed by atoms with E-state index >= 15 is 0 Å². The summed E-state index contributed by atoms with van der Waals surface area (Å²) >= 11 is 0. The Morgan fingerprint density at radius 1 is 1.28 bits per heavy atom. The zero-order valence-corrected chi connectivity index (χ0v) is 13.4. The number of carbonyl (C=O) groups excluding carboxylic acids is 1. The van der Waals surface area contributed by atoms with Crippen molar-refractivity contribution >= 4 is 11.9 Å². The van der Waals surface area contributed by atoms with Crippen molar-refractivity contribution < 1.29 is 32.6 Å². The van der Waals surface area contributed by atoms with Gasteiger partial charge in [-0.25, -0.2) is 0 Å². The molecule has 1 amide bonds. The fourth-order valence-corrected chi connectivity index (χ4v) is 3.59. The molecule has 5 nitrogen and oxygen atoms in total. The molecular formula is C17H18F3NO4. The van der Waals surface area contributed by atoms with Gasteiger partial charge in [0.15, 0.2) is 0 Å². The standard InChI is InChI=1S/C17H18F3NO4/c18-17(19,20)12-3-1-11(2-4-12)7-14(22)21-8-13-9-25-6-5-16(13,10-21)15(23)24/h1-4,13H,5-10H2,(H,23,24)/t13-,16+/m0/s1. The van der Waals surface area contributed by atoms with Crippen LogP contribution < -0.4 is 0 Å². The molecule has 1 N–H and O–H groups in total. The second-order valence-corrected chi connectivity index (χ2v) is 6.63. The highest BCUT2D eigenvalue weighted by Gasteiger charge is 2.54. The maximum atomic E-state index is 12.6. The van der Waals surface area contributed by atoms with E-state index in [0.717, 1.165) is 12.1 Å². The SMILES string of the molecule is O=C(Cc1ccc(C(F)(F)F)cc1)N1C[C@H]2COCC[C@@]2(C(=O)O)C1. The number of nitrogens with zero attached hydrogens (tertiary/aromatic N) is 1. The minimum Gasteiger partial charge on any atom is -0.481 e. The number of rotatable bonds is 3. The van der Waals surface area contributed by atoms with Gasteiger partial charge in [-0.2, -0.15) is 13.2 Å². The maximum absolute atomic E-state index is 12.6. The summed E-state index contributed by atoms with van der Waals surface area (Å²) in [6, 6.07) is 4.44. The van der Waals surface area contributed by atoms with Crippen LogP contribution in [0.25, 0.3) is 0 Å². The highest BCUT2D eigenvalue weighted by Crippen LogP contribution is 2.42. The first-order chi connectivity index (χ1) is 11.7. The van der Waals surface area contributed by atoms with E-state index in [4.69, 9.17) is 4.74 Å². The molecule has 2 saturated heterocycles. The number of ether oxygens (including phenoxy) is 1.